The van der Waals surface area contributed by atoms with Gasteiger partial charge in [-0.2, -0.15) is 0 Å². The van der Waals surface area contributed by atoms with Crippen molar-refractivity contribution in [1.82, 2.24) is 0 Å². The zero-order chi connectivity index (χ0) is 10.7. The first-order valence-corrected chi connectivity index (χ1v) is 6.00. The first-order valence-electron chi connectivity index (χ1n) is 4.03. The number of rotatable bonds is 3. The molecule has 0 aliphatic rings. The van der Waals surface area contributed by atoms with Crippen LogP contribution in [-0.4, -0.2) is 6.54 Å². The minimum absolute atomic E-state index is 0.679. The molecule has 0 aromatic heterocycles. The van der Waals surface area contributed by atoms with Crippen molar-refractivity contribution >= 4 is 49.1 Å². The van der Waals surface area contributed by atoms with Gasteiger partial charge in [-0.25, -0.2) is 0 Å². The van der Waals surface area contributed by atoms with Crippen molar-refractivity contribution < 1.29 is 0 Å². The third-order valence-electron chi connectivity index (χ3n) is 1.72. The minimum Gasteiger partial charge on any atom is -0.380 e. The highest BCUT2D eigenvalue weighted by molar-refractivity contribution is 9.11. The van der Waals surface area contributed by atoms with E-state index in [9.17, 15) is 0 Å². The van der Waals surface area contributed by atoms with Crippen molar-refractivity contribution in [2.75, 3.05) is 11.9 Å². The van der Waals surface area contributed by atoms with Crippen LogP contribution in [0.1, 0.15) is 5.56 Å². The smallest absolute Gasteiger partial charge is 0.0502 e. The Balaban J connectivity index is 2.87. The van der Waals surface area contributed by atoms with E-state index in [0.717, 1.165) is 25.2 Å². The van der Waals surface area contributed by atoms with Crippen LogP contribution in [0.2, 0.25) is 5.02 Å². The molecule has 0 saturated carbocycles. The molecule has 0 unspecified atom stereocenters. The first kappa shape index (κ1) is 12.1. The number of benzene rings is 1. The Morgan fingerprint density at radius 2 is 2.21 bits per heavy atom. The Kier molecular flexibility index (Phi) is 4.48. The van der Waals surface area contributed by atoms with Gasteiger partial charge in [0.1, 0.15) is 0 Å². The summed E-state index contributed by atoms with van der Waals surface area (Å²) in [6.45, 7) is 6.40. The maximum absolute atomic E-state index is 6.01. The quantitative estimate of drug-likeness (QED) is 0.839. The Hall–Kier alpha value is 0.01000. The van der Waals surface area contributed by atoms with Crippen LogP contribution < -0.4 is 5.32 Å². The van der Waals surface area contributed by atoms with Crippen molar-refractivity contribution in [3.05, 3.63) is 38.3 Å². The van der Waals surface area contributed by atoms with Crippen molar-refractivity contribution in [3.8, 4) is 0 Å². The van der Waals surface area contributed by atoms with Gasteiger partial charge in [0.05, 0.1) is 5.69 Å². The van der Waals surface area contributed by atoms with Crippen molar-refractivity contribution in [2.45, 2.75) is 6.92 Å². The maximum Gasteiger partial charge on any atom is 0.0502 e. The largest absolute Gasteiger partial charge is 0.380 e. The van der Waals surface area contributed by atoms with E-state index in [2.05, 4.69) is 43.8 Å². The van der Waals surface area contributed by atoms with E-state index < -0.39 is 0 Å². The number of hydrogen-bond acceptors (Lipinski definition) is 1. The molecule has 76 valence electrons. The molecule has 0 aliphatic heterocycles. The number of aryl methyl sites for hydroxylation is 1. The molecule has 1 rings (SSSR count). The standard InChI is InChI=1S/C10H10Br2ClN/c1-6-3-8(12)10(4-9(6)13)14-5-7(2)11/h3-4,14H,2,5H2,1H3. The lowest BCUT2D eigenvalue weighted by molar-refractivity contribution is 1.31. The highest BCUT2D eigenvalue weighted by Gasteiger charge is 2.03. The summed E-state index contributed by atoms with van der Waals surface area (Å²) < 4.78 is 1.91. The van der Waals surface area contributed by atoms with Crippen LogP contribution in [-0.2, 0) is 0 Å². The topological polar surface area (TPSA) is 12.0 Å². The molecule has 0 aliphatic carbocycles. The van der Waals surface area contributed by atoms with Crippen molar-refractivity contribution in [2.24, 2.45) is 0 Å². The molecule has 0 heterocycles. The second-order valence-electron chi connectivity index (χ2n) is 2.95. The molecule has 0 spiro atoms. The fourth-order valence-corrected chi connectivity index (χ4v) is 1.87. The van der Waals surface area contributed by atoms with Gasteiger partial charge in [-0.15, -0.1) is 0 Å². The summed E-state index contributed by atoms with van der Waals surface area (Å²) in [7, 11) is 0. The lowest BCUT2D eigenvalue weighted by Gasteiger charge is -2.09. The fourth-order valence-electron chi connectivity index (χ4n) is 0.973. The Morgan fingerprint density at radius 3 is 2.79 bits per heavy atom. The summed E-state index contributed by atoms with van der Waals surface area (Å²) in [6, 6.07) is 3.89. The molecule has 0 fully saturated rings. The predicted molar refractivity (Wildman–Crippen MR) is 70.4 cm³/mol. The second-order valence-corrected chi connectivity index (χ2v) is 5.34. The zero-order valence-corrected chi connectivity index (χ0v) is 11.6. The van der Waals surface area contributed by atoms with Crippen molar-refractivity contribution in [3.63, 3.8) is 0 Å². The number of halogens is 3. The second kappa shape index (κ2) is 5.19. The van der Waals surface area contributed by atoms with E-state index >= 15 is 0 Å². The average molecular weight is 339 g/mol. The van der Waals surface area contributed by atoms with Gasteiger partial charge < -0.3 is 5.32 Å². The van der Waals surface area contributed by atoms with Crippen LogP contribution in [0.3, 0.4) is 0 Å². The lowest BCUT2D eigenvalue weighted by atomic mass is 10.2. The first-order chi connectivity index (χ1) is 6.50. The Labute approximate surface area is 106 Å². The monoisotopic (exact) mass is 337 g/mol. The third-order valence-corrected chi connectivity index (χ3v) is 3.06. The number of nitrogens with one attached hydrogen (secondary N) is 1. The summed E-state index contributed by atoms with van der Waals surface area (Å²) in [5, 5.41) is 3.96. The van der Waals surface area contributed by atoms with Gasteiger partial charge in [0.15, 0.2) is 0 Å². The molecule has 0 radical (unpaired) electrons. The maximum atomic E-state index is 6.01. The molecule has 0 bridgehead atoms. The Bertz CT molecular complexity index is 363. The molecule has 14 heavy (non-hydrogen) atoms. The SMILES string of the molecule is C=C(Br)CNc1cc(Cl)c(C)cc1Br. The normalized spacial score (nSPS) is 10.0. The molecule has 1 aromatic carbocycles. The van der Waals surface area contributed by atoms with Crippen LogP contribution in [0.4, 0.5) is 5.69 Å². The van der Waals surface area contributed by atoms with Crippen LogP contribution >= 0.6 is 43.5 Å². The van der Waals surface area contributed by atoms with Crippen LogP contribution in [0.25, 0.3) is 0 Å². The van der Waals surface area contributed by atoms with E-state index in [0.29, 0.717) is 6.54 Å². The molecule has 0 amide bonds. The van der Waals surface area contributed by atoms with Gasteiger partial charge in [-0.05, 0) is 40.5 Å². The summed E-state index contributed by atoms with van der Waals surface area (Å²) in [5.41, 5.74) is 2.03. The van der Waals surface area contributed by atoms with Gasteiger partial charge in [-0.3, -0.25) is 0 Å². The van der Waals surface area contributed by atoms with Gasteiger partial charge in [0, 0.05) is 20.5 Å². The molecule has 1 aromatic rings. The highest BCUT2D eigenvalue weighted by atomic mass is 79.9. The molecular formula is C10H10Br2ClN. The van der Waals surface area contributed by atoms with Crippen molar-refractivity contribution in [1.29, 1.82) is 0 Å². The van der Waals surface area contributed by atoms with E-state index in [-0.39, 0.29) is 0 Å². The van der Waals surface area contributed by atoms with Crippen LogP contribution in [0.5, 0.6) is 0 Å². The van der Waals surface area contributed by atoms with E-state index in [1.54, 1.807) is 0 Å². The van der Waals surface area contributed by atoms with Crippen LogP contribution in [0, 0.1) is 6.92 Å². The lowest BCUT2D eigenvalue weighted by Crippen LogP contribution is -2.01. The third kappa shape index (κ3) is 3.30. The number of hydrogen-bond donors (Lipinski definition) is 1. The van der Waals surface area contributed by atoms with Gasteiger partial charge in [0.25, 0.3) is 0 Å². The molecule has 0 saturated heterocycles. The summed E-state index contributed by atoms with van der Waals surface area (Å²) in [4.78, 5) is 0. The van der Waals surface area contributed by atoms with Gasteiger partial charge in [-0.1, -0.05) is 34.1 Å². The highest BCUT2D eigenvalue weighted by Crippen LogP contribution is 2.29. The fraction of sp³-hybridized carbons (Fsp3) is 0.200. The number of anilines is 1. The molecule has 1 nitrogen and oxygen atoms in total. The van der Waals surface area contributed by atoms with E-state index in [1.165, 1.54) is 0 Å². The summed E-state index contributed by atoms with van der Waals surface area (Å²) in [6.07, 6.45) is 0. The van der Waals surface area contributed by atoms with E-state index in [1.807, 2.05) is 19.1 Å². The summed E-state index contributed by atoms with van der Waals surface area (Å²) >= 11 is 12.8. The van der Waals surface area contributed by atoms with E-state index in [4.69, 9.17) is 11.6 Å². The minimum atomic E-state index is 0.679. The van der Waals surface area contributed by atoms with Gasteiger partial charge >= 0.3 is 0 Å². The molecular weight excluding hydrogens is 329 g/mol. The average Bonchev–Trinajstić information content (AvgIpc) is 2.09. The van der Waals surface area contributed by atoms with Gasteiger partial charge in [0.2, 0.25) is 0 Å². The molecule has 4 heteroatoms. The summed E-state index contributed by atoms with van der Waals surface area (Å²) in [5.74, 6) is 0. The zero-order valence-electron chi connectivity index (χ0n) is 7.70. The predicted octanol–water partition coefficient (Wildman–Crippen LogP) is 4.73. The molecule has 1 N–H and O–H groups in total. The van der Waals surface area contributed by atoms with Crippen LogP contribution in [0.15, 0.2) is 27.7 Å². The Morgan fingerprint density at radius 1 is 1.57 bits per heavy atom. The molecule has 0 atom stereocenters.